The van der Waals surface area contributed by atoms with E-state index in [4.69, 9.17) is 19.7 Å². The van der Waals surface area contributed by atoms with Crippen molar-refractivity contribution in [2.75, 3.05) is 36.5 Å². The summed E-state index contributed by atoms with van der Waals surface area (Å²) in [4.78, 5) is 28.6. The third-order valence-corrected chi connectivity index (χ3v) is 5.77. The van der Waals surface area contributed by atoms with E-state index in [-0.39, 0.29) is 5.78 Å². The molecule has 0 unspecified atom stereocenters. The highest BCUT2D eigenvalue weighted by atomic mass is 16.5. The lowest BCUT2D eigenvalue weighted by atomic mass is 10.1. The second-order valence-corrected chi connectivity index (χ2v) is 7.95. The van der Waals surface area contributed by atoms with E-state index in [9.17, 15) is 4.79 Å². The van der Waals surface area contributed by atoms with Crippen LogP contribution in [0.15, 0.2) is 42.6 Å². The average molecular weight is 444 g/mol. The van der Waals surface area contributed by atoms with E-state index in [2.05, 4.69) is 20.4 Å². The lowest BCUT2D eigenvalue weighted by Gasteiger charge is -2.27. The smallest absolute Gasteiger partial charge is 0.232 e. The summed E-state index contributed by atoms with van der Waals surface area (Å²) in [5.74, 6) is 1.66. The van der Waals surface area contributed by atoms with E-state index in [1.54, 1.807) is 6.20 Å². The molecule has 168 valence electrons. The van der Waals surface area contributed by atoms with Crippen LogP contribution in [0.4, 0.5) is 17.6 Å². The van der Waals surface area contributed by atoms with Crippen molar-refractivity contribution in [3.05, 3.63) is 53.7 Å². The minimum atomic E-state index is 0.0926. The van der Waals surface area contributed by atoms with Crippen molar-refractivity contribution in [1.29, 1.82) is 0 Å². The number of H-pyrrole nitrogens is 1. The van der Waals surface area contributed by atoms with Crippen LogP contribution in [-0.2, 0) is 4.74 Å². The van der Waals surface area contributed by atoms with E-state index in [1.807, 2.05) is 50.2 Å². The first-order chi connectivity index (χ1) is 16.1. The van der Waals surface area contributed by atoms with Crippen molar-refractivity contribution in [3.63, 3.8) is 0 Å². The number of fused-ring (bicyclic) bond motifs is 1. The number of aromatic amines is 1. The van der Waals surface area contributed by atoms with Crippen LogP contribution in [0.5, 0.6) is 0 Å². The van der Waals surface area contributed by atoms with Crippen LogP contribution < -0.4 is 10.2 Å². The number of ether oxygens (including phenoxy) is 1. The zero-order chi connectivity index (χ0) is 22.8. The Hall–Kier alpha value is -3.85. The van der Waals surface area contributed by atoms with Gasteiger partial charge in [0.2, 0.25) is 11.9 Å². The number of carbonyl (C=O) groups is 1. The third kappa shape index (κ3) is 4.27. The van der Waals surface area contributed by atoms with Gasteiger partial charge < -0.3 is 15.0 Å². The number of hydrogen-bond donors (Lipinski definition) is 2. The van der Waals surface area contributed by atoms with Gasteiger partial charge in [0, 0.05) is 41.7 Å². The third-order valence-electron chi connectivity index (χ3n) is 5.77. The van der Waals surface area contributed by atoms with Gasteiger partial charge in [0.25, 0.3) is 0 Å². The number of Topliss-reactive ketones (excluding diaryl/α,β-unsaturated/α-hetero) is 1. The number of carbonyl (C=O) groups excluding carboxylic acids is 1. The van der Waals surface area contributed by atoms with E-state index >= 15 is 0 Å². The van der Waals surface area contributed by atoms with Gasteiger partial charge >= 0.3 is 0 Å². The Morgan fingerprint density at radius 1 is 1.15 bits per heavy atom. The van der Waals surface area contributed by atoms with Gasteiger partial charge in [0.05, 0.1) is 24.9 Å². The van der Waals surface area contributed by atoms with Crippen LogP contribution in [0, 0.1) is 6.92 Å². The Bertz CT molecular complexity index is 1310. The molecule has 2 aromatic heterocycles. The molecule has 0 amide bonds. The molecule has 0 aliphatic carbocycles. The highest BCUT2D eigenvalue weighted by Gasteiger charge is 2.19. The van der Waals surface area contributed by atoms with Crippen LogP contribution >= 0.6 is 0 Å². The molecule has 33 heavy (non-hydrogen) atoms. The monoisotopic (exact) mass is 443 g/mol. The molecule has 0 radical (unpaired) electrons. The molecule has 9 nitrogen and oxygen atoms in total. The first kappa shape index (κ1) is 21.0. The van der Waals surface area contributed by atoms with Crippen LogP contribution in [0.2, 0.25) is 0 Å². The van der Waals surface area contributed by atoms with Crippen molar-refractivity contribution in [2.45, 2.75) is 20.3 Å². The normalized spacial score (nSPS) is 13.9. The zero-order valence-electron chi connectivity index (χ0n) is 18.6. The Morgan fingerprint density at radius 3 is 2.82 bits per heavy atom. The molecule has 2 N–H and O–H groups in total. The lowest BCUT2D eigenvalue weighted by molar-refractivity contribution is 0.0988. The standard InChI is InChI=1S/C24H25N7O2/c1-3-21(32)16-8-7-15(2)20(13-16)26-23-27-22(17-5-4-6-19-18(17)14-25-30-19)28-24(29-23)31-9-11-33-12-10-31/h4-8,13-14H,3,9-12H2,1-2H3,(H,25,30)(H,26,27,28,29). The molecule has 0 spiro atoms. The van der Waals surface area contributed by atoms with Gasteiger partial charge in [-0.05, 0) is 24.6 Å². The SMILES string of the molecule is CCC(=O)c1ccc(C)c(Nc2nc(-c3cccc4[nH]ncc34)nc(N3CCOCC3)n2)c1. The first-order valence-electron chi connectivity index (χ1n) is 11.0. The number of aromatic nitrogens is 5. The number of nitrogens with zero attached hydrogens (tertiary/aromatic N) is 5. The lowest BCUT2D eigenvalue weighted by Crippen LogP contribution is -2.37. The maximum Gasteiger partial charge on any atom is 0.232 e. The van der Waals surface area contributed by atoms with Gasteiger partial charge in [-0.1, -0.05) is 31.2 Å². The second-order valence-electron chi connectivity index (χ2n) is 7.95. The maximum atomic E-state index is 12.2. The van der Waals surface area contributed by atoms with Gasteiger partial charge in [0.1, 0.15) is 0 Å². The van der Waals surface area contributed by atoms with Crippen molar-refractivity contribution >= 4 is 34.3 Å². The van der Waals surface area contributed by atoms with Crippen LogP contribution in [0.25, 0.3) is 22.3 Å². The summed E-state index contributed by atoms with van der Waals surface area (Å²) in [6, 6.07) is 11.5. The molecular weight excluding hydrogens is 418 g/mol. The molecular formula is C24H25N7O2. The number of anilines is 3. The van der Waals surface area contributed by atoms with Crippen LogP contribution in [0.3, 0.4) is 0 Å². The largest absolute Gasteiger partial charge is 0.378 e. The Labute approximate surface area is 191 Å². The molecule has 3 heterocycles. The zero-order valence-corrected chi connectivity index (χ0v) is 18.6. The van der Waals surface area contributed by atoms with Gasteiger partial charge in [-0.3, -0.25) is 9.89 Å². The van der Waals surface area contributed by atoms with Crippen molar-refractivity contribution < 1.29 is 9.53 Å². The molecule has 0 bridgehead atoms. The van der Waals surface area contributed by atoms with Gasteiger partial charge in [-0.2, -0.15) is 20.1 Å². The van der Waals surface area contributed by atoms with E-state index in [1.165, 1.54) is 0 Å². The molecule has 1 aliphatic rings. The topological polar surface area (TPSA) is 109 Å². The summed E-state index contributed by atoms with van der Waals surface area (Å²) in [5.41, 5.74) is 4.23. The molecule has 1 aliphatic heterocycles. The number of hydrogen-bond acceptors (Lipinski definition) is 8. The number of nitrogens with one attached hydrogen (secondary N) is 2. The summed E-state index contributed by atoms with van der Waals surface area (Å²) in [7, 11) is 0. The fraction of sp³-hybridized carbons (Fsp3) is 0.292. The summed E-state index contributed by atoms with van der Waals surface area (Å²) < 4.78 is 5.50. The average Bonchev–Trinajstić information content (AvgIpc) is 3.34. The molecule has 1 fully saturated rings. The van der Waals surface area contributed by atoms with Crippen molar-refractivity contribution in [2.24, 2.45) is 0 Å². The minimum absolute atomic E-state index is 0.0926. The van der Waals surface area contributed by atoms with Gasteiger partial charge in [-0.15, -0.1) is 0 Å². The molecule has 2 aromatic carbocycles. The highest BCUT2D eigenvalue weighted by molar-refractivity contribution is 5.97. The van der Waals surface area contributed by atoms with Crippen molar-refractivity contribution in [3.8, 4) is 11.4 Å². The molecule has 0 saturated carbocycles. The fourth-order valence-electron chi connectivity index (χ4n) is 3.86. The summed E-state index contributed by atoms with van der Waals surface area (Å²) in [6.07, 6.45) is 2.23. The quantitative estimate of drug-likeness (QED) is 0.432. The molecule has 4 aromatic rings. The first-order valence-corrected chi connectivity index (χ1v) is 11.0. The molecule has 5 rings (SSSR count). The number of benzene rings is 2. The number of rotatable bonds is 6. The number of ketones is 1. The second kappa shape index (κ2) is 8.95. The number of aryl methyl sites for hydroxylation is 1. The highest BCUT2D eigenvalue weighted by Crippen LogP contribution is 2.28. The van der Waals surface area contributed by atoms with Gasteiger partial charge in [0.15, 0.2) is 11.6 Å². The maximum absolute atomic E-state index is 12.2. The van der Waals surface area contributed by atoms with E-state index in [0.29, 0.717) is 56.0 Å². The van der Waals surface area contributed by atoms with Crippen LogP contribution in [0.1, 0.15) is 29.3 Å². The summed E-state index contributed by atoms with van der Waals surface area (Å²) in [5, 5.41) is 11.4. The molecule has 1 saturated heterocycles. The summed E-state index contributed by atoms with van der Waals surface area (Å²) in [6.45, 7) is 6.51. The van der Waals surface area contributed by atoms with Crippen LogP contribution in [-0.4, -0.2) is 57.2 Å². The fourth-order valence-corrected chi connectivity index (χ4v) is 3.86. The molecule has 9 heteroatoms. The van der Waals surface area contributed by atoms with Gasteiger partial charge in [-0.25, -0.2) is 0 Å². The Balaban J connectivity index is 1.59. The van der Waals surface area contributed by atoms with E-state index < -0.39 is 0 Å². The predicted octanol–water partition coefficient (Wildman–Crippen LogP) is 3.90. The summed E-state index contributed by atoms with van der Waals surface area (Å²) >= 11 is 0. The predicted molar refractivity (Wildman–Crippen MR) is 127 cm³/mol. The Morgan fingerprint density at radius 2 is 2.00 bits per heavy atom. The molecule has 0 atom stereocenters. The number of morpholine rings is 1. The van der Waals surface area contributed by atoms with E-state index in [0.717, 1.165) is 27.7 Å². The minimum Gasteiger partial charge on any atom is -0.378 e. The van der Waals surface area contributed by atoms with Crippen molar-refractivity contribution in [1.82, 2.24) is 25.1 Å². The Kier molecular flexibility index (Phi) is 5.70.